The summed E-state index contributed by atoms with van der Waals surface area (Å²) in [5.41, 5.74) is 1.90. The van der Waals surface area contributed by atoms with E-state index in [1.165, 1.54) is 0 Å². The van der Waals surface area contributed by atoms with Crippen LogP contribution in [0.25, 0.3) is 0 Å². The van der Waals surface area contributed by atoms with Gasteiger partial charge in [-0.05, 0) is 18.6 Å². The summed E-state index contributed by atoms with van der Waals surface area (Å²) in [6.07, 6.45) is 0.857. The molecule has 1 unspecified atom stereocenters. The molecule has 0 aliphatic rings. The fourth-order valence-corrected chi connectivity index (χ4v) is 2.57. The van der Waals surface area contributed by atoms with Gasteiger partial charge >= 0.3 is 0 Å². The average Bonchev–Trinajstić information content (AvgIpc) is 2.62. The number of hydrogen-bond donors (Lipinski definition) is 2. The van der Waals surface area contributed by atoms with E-state index in [0.717, 1.165) is 17.5 Å². The Morgan fingerprint density at radius 1 is 1.12 bits per heavy atom. The third-order valence-corrected chi connectivity index (χ3v) is 4.27. The first kappa shape index (κ1) is 18.6. The number of hydrogen-bond acceptors (Lipinski definition) is 4. The zero-order valence-corrected chi connectivity index (χ0v) is 14.8. The number of benzene rings is 2. The van der Waals surface area contributed by atoms with E-state index in [1.807, 2.05) is 49.4 Å². The molecule has 0 bridgehead atoms. The summed E-state index contributed by atoms with van der Waals surface area (Å²) in [4.78, 5) is 0. The van der Waals surface area contributed by atoms with Crippen molar-refractivity contribution in [2.24, 2.45) is 0 Å². The van der Waals surface area contributed by atoms with Crippen molar-refractivity contribution < 1.29 is 14.6 Å². The molecule has 2 aromatic rings. The van der Waals surface area contributed by atoms with Gasteiger partial charge in [0.15, 0.2) is 11.5 Å². The Labute approximate surface area is 148 Å². The van der Waals surface area contributed by atoms with Crippen molar-refractivity contribution in [3.8, 4) is 11.5 Å². The summed E-state index contributed by atoms with van der Waals surface area (Å²) in [6, 6.07) is 13.5. The Hall–Kier alpha value is -1.75. The van der Waals surface area contributed by atoms with Gasteiger partial charge in [0.25, 0.3) is 0 Å². The van der Waals surface area contributed by atoms with Crippen LogP contribution in [0, 0.1) is 0 Å². The highest BCUT2D eigenvalue weighted by Gasteiger charge is 2.13. The molecule has 0 spiro atoms. The smallest absolute Gasteiger partial charge is 0.166 e. The number of para-hydroxylation sites is 1. The number of halogens is 1. The molecule has 0 saturated carbocycles. The van der Waals surface area contributed by atoms with Crippen molar-refractivity contribution in [2.45, 2.75) is 32.5 Å². The van der Waals surface area contributed by atoms with E-state index in [-0.39, 0.29) is 12.6 Å². The summed E-state index contributed by atoms with van der Waals surface area (Å²) < 4.78 is 11.4. The highest BCUT2D eigenvalue weighted by molar-refractivity contribution is 6.31. The minimum atomic E-state index is 0.0626. The second kappa shape index (κ2) is 9.52. The first-order valence-corrected chi connectivity index (χ1v) is 8.43. The molecule has 0 heterocycles. The summed E-state index contributed by atoms with van der Waals surface area (Å²) in [5.74, 6) is 1.37. The first-order chi connectivity index (χ1) is 11.7. The number of rotatable bonds is 9. The van der Waals surface area contributed by atoms with E-state index in [4.69, 9.17) is 21.1 Å². The highest BCUT2D eigenvalue weighted by atomic mass is 35.5. The Morgan fingerprint density at radius 3 is 2.54 bits per heavy atom. The normalized spacial score (nSPS) is 12.0. The van der Waals surface area contributed by atoms with Crippen LogP contribution in [-0.4, -0.2) is 24.9 Å². The van der Waals surface area contributed by atoms with Gasteiger partial charge in [-0.1, -0.05) is 48.9 Å². The molecular formula is C19H24ClNO3. The van der Waals surface area contributed by atoms with Gasteiger partial charge in [-0.2, -0.15) is 0 Å². The highest BCUT2D eigenvalue weighted by Crippen LogP contribution is 2.32. The van der Waals surface area contributed by atoms with Gasteiger partial charge in [0.2, 0.25) is 0 Å². The van der Waals surface area contributed by atoms with E-state index < -0.39 is 0 Å². The molecule has 2 N–H and O–H groups in total. The number of nitrogens with one attached hydrogen (secondary N) is 1. The second-order valence-electron chi connectivity index (χ2n) is 5.50. The van der Waals surface area contributed by atoms with E-state index in [9.17, 15) is 5.11 Å². The molecule has 0 aliphatic heterocycles. The quantitative estimate of drug-likeness (QED) is 0.723. The zero-order chi connectivity index (χ0) is 17.4. The first-order valence-electron chi connectivity index (χ1n) is 8.05. The van der Waals surface area contributed by atoms with Crippen molar-refractivity contribution in [1.29, 1.82) is 0 Å². The molecule has 24 heavy (non-hydrogen) atoms. The lowest BCUT2D eigenvalue weighted by molar-refractivity contribution is 0.236. The zero-order valence-electron chi connectivity index (χ0n) is 14.1. The van der Waals surface area contributed by atoms with Crippen LogP contribution in [-0.2, 0) is 13.2 Å². The van der Waals surface area contributed by atoms with Crippen LogP contribution in [0.2, 0.25) is 5.02 Å². The number of aliphatic hydroxyl groups excluding tert-OH is 1. The third kappa shape index (κ3) is 4.87. The number of methoxy groups -OCH3 is 1. The van der Waals surface area contributed by atoms with Crippen LogP contribution in [0.4, 0.5) is 0 Å². The molecule has 1 atom stereocenters. The molecule has 5 heteroatoms. The third-order valence-electron chi connectivity index (χ3n) is 3.90. The number of aliphatic hydroxyl groups is 1. The van der Waals surface area contributed by atoms with Gasteiger partial charge in [-0.25, -0.2) is 0 Å². The fourth-order valence-electron chi connectivity index (χ4n) is 2.38. The minimum absolute atomic E-state index is 0.0626. The lowest BCUT2D eigenvalue weighted by Crippen LogP contribution is -2.31. The van der Waals surface area contributed by atoms with E-state index in [0.29, 0.717) is 29.7 Å². The van der Waals surface area contributed by atoms with Crippen molar-refractivity contribution in [3.05, 3.63) is 58.6 Å². The van der Waals surface area contributed by atoms with Gasteiger partial charge in [0.1, 0.15) is 6.61 Å². The van der Waals surface area contributed by atoms with Gasteiger partial charge < -0.3 is 19.9 Å². The summed E-state index contributed by atoms with van der Waals surface area (Å²) in [7, 11) is 1.62. The predicted octanol–water partition coefficient (Wildman–Crippen LogP) is 3.79. The van der Waals surface area contributed by atoms with Gasteiger partial charge in [0, 0.05) is 28.7 Å². The Balaban J connectivity index is 2.15. The topological polar surface area (TPSA) is 50.7 Å². The van der Waals surface area contributed by atoms with Crippen molar-refractivity contribution in [1.82, 2.24) is 5.32 Å². The van der Waals surface area contributed by atoms with Crippen LogP contribution in [0.15, 0.2) is 42.5 Å². The Bertz CT molecular complexity index is 644. The average molecular weight is 350 g/mol. The minimum Gasteiger partial charge on any atom is -0.493 e. The Morgan fingerprint density at radius 2 is 1.88 bits per heavy atom. The molecule has 0 aliphatic carbocycles. The van der Waals surface area contributed by atoms with Crippen LogP contribution < -0.4 is 14.8 Å². The van der Waals surface area contributed by atoms with Crippen molar-refractivity contribution in [2.75, 3.05) is 13.7 Å². The maximum atomic E-state index is 9.32. The lowest BCUT2D eigenvalue weighted by Gasteiger charge is -2.18. The van der Waals surface area contributed by atoms with Crippen LogP contribution in [0.5, 0.6) is 11.5 Å². The van der Waals surface area contributed by atoms with Crippen molar-refractivity contribution >= 4 is 11.6 Å². The van der Waals surface area contributed by atoms with Gasteiger partial charge in [-0.15, -0.1) is 0 Å². The van der Waals surface area contributed by atoms with E-state index in [1.54, 1.807) is 7.11 Å². The maximum absolute atomic E-state index is 9.32. The van der Waals surface area contributed by atoms with Crippen LogP contribution >= 0.6 is 11.6 Å². The summed E-state index contributed by atoms with van der Waals surface area (Å²) >= 11 is 6.19. The summed E-state index contributed by atoms with van der Waals surface area (Å²) in [6.45, 7) is 3.10. The van der Waals surface area contributed by atoms with Gasteiger partial charge in [-0.3, -0.25) is 0 Å². The standard InChI is InChI=1S/C19H24ClNO3/c1-3-16(12-22)21-11-14-8-6-10-18(23-2)19(14)24-13-15-7-4-5-9-17(15)20/h4-10,16,21-22H,3,11-13H2,1-2H3. The molecular weight excluding hydrogens is 326 g/mol. The fraction of sp³-hybridized carbons (Fsp3) is 0.368. The van der Waals surface area contributed by atoms with E-state index >= 15 is 0 Å². The molecule has 0 amide bonds. The maximum Gasteiger partial charge on any atom is 0.166 e. The Kier molecular flexibility index (Phi) is 7.37. The van der Waals surface area contributed by atoms with E-state index in [2.05, 4.69) is 5.32 Å². The lowest BCUT2D eigenvalue weighted by atomic mass is 10.1. The molecule has 0 saturated heterocycles. The molecule has 0 fully saturated rings. The van der Waals surface area contributed by atoms with Crippen LogP contribution in [0.3, 0.4) is 0 Å². The largest absolute Gasteiger partial charge is 0.493 e. The van der Waals surface area contributed by atoms with Gasteiger partial charge in [0.05, 0.1) is 13.7 Å². The predicted molar refractivity (Wildman–Crippen MR) is 96.8 cm³/mol. The molecule has 0 aromatic heterocycles. The SMILES string of the molecule is CCC(CO)NCc1cccc(OC)c1OCc1ccccc1Cl. The molecule has 0 radical (unpaired) electrons. The van der Waals surface area contributed by atoms with Crippen molar-refractivity contribution in [3.63, 3.8) is 0 Å². The monoisotopic (exact) mass is 349 g/mol. The molecule has 4 nitrogen and oxygen atoms in total. The second-order valence-corrected chi connectivity index (χ2v) is 5.90. The molecule has 2 aromatic carbocycles. The molecule has 2 rings (SSSR count). The summed E-state index contributed by atoms with van der Waals surface area (Å²) in [5, 5.41) is 13.3. The molecule has 130 valence electrons. The van der Waals surface area contributed by atoms with Crippen LogP contribution in [0.1, 0.15) is 24.5 Å². The number of ether oxygens (including phenoxy) is 2.